The molecular formula is C26H33FN4O3. The Hall–Kier alpha value is -3.00. The lowest BCUT2D eigenvalue weighted by Gasteiger charge is -2.43. The zero-order valence-corrected chi connectivity index (χ0v) is 19.7. The third kappa shape index (κ3) is 5.73. The predicted molar refractivity (Wildman–Crippen MR) is 127 cm³/mol. The van der Waals surface area contributed by atoms with E-state index in [2.05, 4.69) is 15.2 Å². The summed E-state index contributed by atoms with van der Waals surface area (Å²) in [6.07, 6.45) is 8.36. The van der Waals surface area contributed by atoms with E-state index in [1.54, 1.807) is 23.4 Å². The maximum absolute atomic E-state index is 14.3. The Morgan fingerprint density at radius 1 is 1.15 bits per heavy atom. The molecule has 182 valence electrons. The minimum Gasteiger partial charge on any atom is -0.494 e. The highest BCUT2D eigenvalue weighted by molar-refractivity contribution is 5.94. The van der Waals surface area contributed by atoms with E-state index < -0.39 is 5.82 Å². The smallest absolute Gasteiger partial charge is 0.254 e. The first kappa shape index (κ1) is 24.1. The number of hydrogen-bond donors (Lipinski definition) is 1. The predicted octanol–water partition coefficient (Wildman–Crippen LogP) is 3.25. The van der Waals surface area contributed by atoms with Crippen molar-refractivity contribution < 1.29 is 18.7 Å². The van der Waals surface area contributed by atoms with E-state index in [9.17, 15) is 14.0 Å². The second-order valence-corrected chi connectivity index (χ2v) is 9.09. The van der Waals surface area contributed by atoms with Gasteiger partial charge in [0.25, 0.3) is 5.91 Å². The molecule has 0 bridgehead atoms. The fourth-order valence-corrected chi connectivity index (χ4v) is 4.99. The third-order valence-corrected chi connectivity index (χ3v) is 6.88. The number of halogens is 1. The highest BCUT2D eigenvalue weighted by Crippen LogP contribution is 2.27. The molecule has 0 spiro atoms. The number of methoxy groups -OCH3 is 1. The molecule has 0 unspecified atom stereocenters. The van der Waals surface area contributed by atoms with E-state index in [0.29, 0.717) is 38.2 Å². The Morgan fingerprint density at radius 3 is 2.71 bits per heavy atom. The Morgan fingerprint density at radius 2 is 1.94 bits per heavy atom. The summed E-state index contributed by atoms with van der Waals surface area (Å²) >= 11 is 0. The van der Waals surface area contributed by atoms with Crippen LogP contribution in [0.15, 0.2) is 42.7 Å². The molecule has 0 saturated carbocycles. The number of nitrogens with one attached hydrogen (secondary N) is 1. The van der Waals surface area contributed by atoms with Crippen LogP contribution < -0.4 is 10.1 Å². The summed E-state index contributed by atoms with van der Waals surface area (Å²) in [4.78, 5) is 34.6. The highest BCUT2D eigenvalue weighted by Gasteiger charge is 2.39. The van der Waals surface area contributed by atoms with Crippen molar-refractivity contribution in [3.63, 3.8) is 0 Å². The number of ether oxygens (including phenoxy) is 1. The zero-order chi connectivity index (χ0) is 23.9. The molecule has 2 aliphatic heterocycles. The molecule has 4 rings (SSSR count). The molecular weight excluding hydrogens is 435 g/mol. The van der Waals surface area contributed by atoms with Crippen LogP contribution in [0.3, 0.4) is 0 Å². The fraction of sp³-hybridized carbons (Fsp3) is 0.500. The molecule has 2 saturated heterocycles. The first-order chi connectivity index (χ1) is 16.6. The summed E-state index contributed by atoms with van der Waals surface area (Å²) in [6, 6.07) is 8.16. The molecule has 34 heavy (non-hydrogen) atoms. The molecule has 2 atom stereocenters. The largest absolute Gasteiger partial charge is 0.494 e. The van der Waals surface area contributed by atoms with Gasteiger partial charge >= 0.3 is 0 Å². The van der Waals surface area contributed by atoms with E-state index in [1.165, 1.54) is 19.2 Å². The Labute approximate surface area is 200 Å². The molecule has 2 aromatic rings. The van der Waals surface area contributed by atoms with Crippen LogP contribution in [0.4, 0.5) is 4.39 Å². The van der Waals surface area contributed by atoms with E-state index >= 15 is 0 Å². The van der Waals surface area contributed by atoms with E-state index in [4.69, 9.17) is 4.74 Å². The fourth-order valence-electron chi connectivity index (χ4n) is 4.99. The first-order valence-corrected chi connectivity index (χ1v) is 12.1. The minimum atomic E-state index is -0.558. The number of pyridine rings is 1. The average molecular weight is 469 g/mol. The van der Waals surface area contributed by atoms with Gasteiger partial charge in [0.2, 0.25) is 5.91 Å². The number of carbonyl (C=O) groups excluding carboxylic acids is 2. The highest BCUT2D eigenvalue weighted by atomic mass is 19.1. The monoisotopic (exact) mass is 468 g/mol. The summed E-state index contributed by atoms with van der Waals surface area (Å²) in [5.41, 5.74) is 1.42. The van der Waals surface area contributed by atoms with Gasteiger partial charge in [-0.25, -0.2) is 4.39 Å². The van der Waals surface area contributed by atoms with Crippen LogP contribution in [0.2, 0.25) is 0 Å². The lowest BCUT2D eigenvalue weighted by Crippen LogP contribution is -2.57. The summed E-state index contributed by atoms with van der Waals surface area (Å²) in [5.74, 6) is -0.805. The van der Waals surface area contributed by atoms with Gasteiger partial charge in [0.15, 0.2) is 11.6 Å². The number of aromatic nitrogens is 1. The molecule has 2 amide bonds. The second kappa shape index (κ2) is 11.4. The Kier molecular flexibility index (Phi) is 8.11. The number of amides is 2. The summed E-state index contributed by atoms with van der Waals surface area (Å²) in [7, 11) is 1.40. The van der Waals surface area contributed by atoms with Crippen LogP contribution >= 0.6 is 0 Å². The van der Waals surface area contributed by atoms with Crippen molar-refractivity contribution in [1.82, 2.24) is 20.1 Å². The van der Waals surface area contributed by atoms with Gasteiger partial charge in [-0.2, -0.15) is 0 Å². The van der Waals surface area contributed by atoms with Gasteiger partial charge in [-0.1, -0.05) is 12.8 Å². The van der Waals surface area contributed by atoms with Gasteiger partial charge in [-0.05, 0) is 61.7 Å². The number of fused-ring (bicyclic) bond motifs is 1. The number of hydrogen-bond acceptors (Lipinski definition) is 5. The van der Waals surface area contributed by atoms with Gasteiger partial charge in [0.1, 0.15) is 0 Å². The number of piperidine rings is 1. The molecule has 8 heteroatoms. The quantitative estimate of drug-likeness (QED) is 0.746. The van der Waals surface area contributed by atoms with Gasteiger partial charge in [0.05, 0.1) is 13.0 Å². The maximum atomic E-state index is 14.3. The van der Waals surface area contributed by atoms with Gasteiger partial charge in [0, 0.05) is 50.2 Å². The molecule has 3 heterocycles. The standard InChI is InChI=1S/C26H33FN4O3/c1-34-24-7-6-20(16-22(24)27)26(33)31-15-10-21-23(18-31)30(17-19-8-12-28-13-9-19)14-5-3-2-4-11-29-25(21)32/h6-9,12-13,16,21,23H,2-5,10-11,14-15,17-18H2,1H3,(H,29,32)/t21-,23-/m1/s1. The molecule has 0 aliphatic carbocycles. The van der Waals surface area contributed by atoms with Crippen LogP contribution in [0.5, 0.6) is 5.75 Å². The van der Waals surface area contributed by atoms with Crippen LogP contribution in [-0.4, -0.2) is 65.9 Å². The molecule has 2 fully saturated rings. The van der Waals surface area contributed by atoms with Crippen molar-refractivity contribution in [2.75, 3.05) is 33.3 Å². The van der Waals surface area contributed by atoms with Crippen molar-refractivity contribution in [2.24, 2.45) is 5.92 Å². The summed E-state index contributed by atoms with van der Waals surface area (Å²) < 4.78 is 19.2. The van der Waals surface area contributed by atoms with Crippen LogP contribution in [0.1, 0.15) is 48.0 Å². The molecule has 0 radical (unpaired) electrons. The van der Waals surface area contributed by atoms with Crippen molar-refractivity contribution in [3.8, 4) is 5.75 Å². The van der Waals surface area contributed by atoms with Gasteiger partial charge in [-0.3, -0.25) is 19.5 Å². The number of rotatable bonds is 4. The average Bonchev–Trinajstić information content (AvgIpc) is 2.89. The summed E-state index contributed by atoms with van der Waals surface area (Å²) in [6.45, 7) is 3.13. The number of carbonyl (C=O) groups is 2. The van der Waals surface area contributed by atoms with Crippen molar-refractivity contribution in [1.29, 1.82) is 0 Å². The molecule has 1 N–H and O–H groups in total. The molecule has 1 aromatic heterocycles. The Balaban J connectivity index is 1.59. The maximum Gasteiger partial charge on any atom is 0.254 e. The lowest BCUT2D eigenvalue weighted by molar-refractivity contribution is -0.129. The van der Waals surface area contributed by atoms with Gasteiger partial charge in [-0.15, -0.1) is 0 Å². The third-order valence-electron chi connectivity index (χ3n) is 6.88. The molecule has 1 aromatic carbocycles. The van der Waals surface area contributed by atoms with Crippen molar-refractivity contribution in [3.05, 3.63) is 59.7 Å². The topological polar surface area (TPSA) is 74.8 Å². The normalized spacial score (nSPS) is 22.3. The number of nitrogens with zero attached hydrogens (tertiary/aromatic N) is 3. The van der Waals surface area contributed by atoms with E-state index in [1.807, 2.05) is 12.1 Å². The van der Waals surface area contributed by atoms with Crippen molar-refractivity contribution >= 4 is 11.8 Å². The zero-order valence-electron chi connectivity index (χ0n) is 19.7. The molecule has 2 aliphatic rings. The van der Waals surface area contributed by atoms with E-state index in [-0.39, 0.29) is 29.5 Å². The van der Waals surface area contributed by atoms with Crippen LogP contribution in [0, 0.1) is 11.7 Å². The summed E-state index contributed by atoms with van der Waals surface area (Å²) in [5, 5.41) is 3.12. The minimum absolute atomic E-state index is 0.0641. The SMILES string of the molecule is COc1ccc(C(=O)N2CC[C@H]3C(=O)NCCCCCCN(Cc4ccncc4)[C@@H]3C2)cc1F. The van der Waals surface area contributed by atoms with Gasteiger partial charge < -0.3 is 15.0 Å². The van der Waals surface area contributed by atoms with E-state index in [0.717, 1.165) is 37.8 Å². The Bertz CT molecular complexity index is 987. The first-order valence-electron chi connectivity index (χ1n) is 12.1. The van der Waals surface area contributed by atoms with Crippen LogP contribution in [0.25, 0.3) is 0 Å². The van der Waals surface area contributed by atoms with Crippen LogP contribution in [-0.2, 0) is 11.3 Å². The second-order valence-electron chi connectivity index (χ2n) is 9.09. The molecule has 7 nitrogen and oxygen atoms in total. The number of benzene rings is 1. The lowest BCUT2D eigenvalue weighted by atomic mass is 9.88. The van der Waals surface area contributed by atoms with Crippen molar-refractivity contribution in [2.45, 2.75) is 44.7 Å². The number of likely N-dealkylation sites (tertiary alicyclic amines) is 1.